The van der Waals surface area contributed by atoms with E-state index >= 15 is 0 Å². The maximum absolute atomic E-state index is 5.97. The van der Waals surface area contributed by atoms with Gasteiger partial charge in [0.15, 0.2) is 5.96 Å². The number of nitrogens with two attached hydrogens (primary N) is 1. The molecule has 144 valence electrons. The summed E-state index contributed by atoms with van der Waals surface area (Å²) in [6.45, 7) is 7.47. The quantitative estimate of drug-likeness (QED) is 0.331. The summed E-state index contributed by atoms with van der Waals surface area (Å²) in [7, 11) is 2.09. The Kier molecular flexibility index (Phi) is 10.3. The van der Waals surface area contributed by atoms with E-state index in [4.69, 9.17) is 10.2 Å². The summed E-state index contributed by atoms with van der Waals surface area (Å²) in [5, 5.41) is 3.18. The lowest BCUT2D eigenvalue weighted by atomic mass is 10.1. The van der Waals surface area contributed by atoms with Gasteiger partial charge in [0.2, 0.25) is 0 Å². The second-order valence-electron chi connectivity index (χ2n) is 6.83. The monoisotopic (exact) mass is 470 g/mol. The minimum atomic E-state index is 0. The predicted octanol–water partition coefficient (Wildman–Crippen LogP) is 3.98. The third kappa shape index (κ3) is 8.23. The summed E-state index contributed by atoms with van der Waals surface area (Å²) in [6.07, 6.45) is 2.80. The summed E-state index contributed by atoms with van der Waals surface area (Å²) >= 11 is 0. The van der Waals surface area contributed by atoms with Crippen LogP contribution in [-0.2, 0) is 19.6 Å². The largest absolute Gasteiger partial charge is 0.468 e. The van der Waals surface area contributed by atoms with Crippen molar-refractivity contribution in [1.82, 2.24) is 10.2 Å². The van der Waals surface area contributed by atoms with Crippen LogP contribution in [0.3, 0.4) is 0 Å². The fraction of sp³-hybridized carbons (Fsp3) is 0.450. The van der Waals surface area contributed by atoms with Gasteiger partial charge in [0.05, 0.1) is 19.4 Å². The van der Waals surface area contributed by atoms with Gasteiger partial charge in [-0.3, -0.25) is 4.90 Å². The average molecular weight is 470 g/mol. The molecule has 0 radical (unpaired) electrons. The molecule has 0 atom stereocenters. The number of aliphatic imine (C=N–C) groups is 1. The van der Waals surface area contributed by atoms with E-state index < -0.39 is 0 Å². The second-order valence-corrected chi connectivity index (χ2v) is 6.83. The van der Waals surface area contributed by atoms with E-state index in [2.05, 4.69) is 54.3 Å². The molecule has 0 unspecified atom stereocenters. The molecule has 0 fully saturated rings. The first kappa shape index (κ1) is 22.5. The van der Waals surface area contributed by atoms with Crippen molar-refractivity contribution < 1.29 is 4.42 Å². The van der Waals surface area contributed by atoms with Crippen LogP contribution in [0.15, 0.2) is 52.1 Å². The highest BCUT2D eigenvalue weighted by Gasteiger charge is 2.07. The Morgan fingerprint density at radius 2 is 1.88 bits per heavy atom. The predicted molar refractivity (Wildman–Crippen MR) is 119 cm³/mol. The summed E-state index contributed by atoms with van der Waals surface area (Å²) < 4.78 is 5.42. The molecular weight excluding hydrogens is 439 g/mol. The van der Waals surface area contributed by atoms with Crippen molar-refractivity contribution in [1.29, 1.82) is 0 Å². The zero-order chi connectivity index (χ0) is 18.1. The molecule has 26 heavy (non-hydrogen) atoms. The van der Waals surface area contributed by atoms with Gasteiger partial charge in [-0.1, -0.05) is 38.1 Å². The molecule has 3 N–H and O–H groups in total. The Morgan fingerprint density at radius 1 is 1.15 bits per heavy atom. The number of rotatable bonds is 9. The van der Waals surface area contributed by atoms with Crippen LogP contribution in [0.2, 0.25) is 0 Å². The molecule has 2 aromatic rings. The Bertz CT molecular complexity index is 656. The lowest BCUT2D eigenvalue weighted by Crippen LogP contribution is -2.32. The maximum atomic E-state index is 5.97. The van der Waals surface area contributed by atoms with E-state index in [-0.39, 0.29) is 24.0 Å². The minimum Gasteiger partial charge on any atom is -0.468 e. The first-order chi connectivity index (χ1) is 12.0. The van der Waals surface area contributed by atoms with E-state index in [9.17, 15) is 0 Å². The van der Waals surface area contributed by atoms with Crippen molar-refractivity contribution in [3.63, 3.8) is 0 Å². The van der Waals surface area contributed by atoms with Crippen LogP contribution in [0.1, 0.15) is 37.2 Å². The number of guanidine groups is 1. The Labute approximate surface area is 174 Å². The molecule has 0 amide bonds. The topological polar surface area (TPSA) is 66.8 Å². The number of furan rings is 1. The number of benzene rings is 1. The van der Waals surface area contributed by atoms with E-state index in [0.717, 1.165) is 31.8 Å². The molecule has 1 heterocycles. The number of halogens is 1. The van der Waals surface area contributed by atoms with Gasteiger partial charge in [0, 0.05) is 13.1 Å². The fourth-order valence-corrected chi connectivity index (χ4v) is 2.60. The van der Waals surface area contributed by atoms with Crippen LogP contribution in [0, 0.1) is 5.92 Å². The highest BCUT2D eigenvalue weighted by Crippen LogP contribution is 2.14. The van der Waals surface area contributed by atoms with Crippen molar-refractivity contribution >= 4 is 29.9 Å². The lowest BCUT2D eigenvalue weighted by Gasteiger charge is -2.17. The lowest BCUT2D eigenvalue weighted by molar-refractivity contribution is 0.287. The van der Waals surface area contributed by atoms with E-state index in [0.29, 0.717) is 18.4 Å². The molecule has 0 saturated heterocycles. The summed E-state index contributed by atoms with van der Waals surface area (Å²) in [4.78, 5) is 6.71. The number of nitrogens with one attached hydrogen (secondary N) is 1. The van der Waals surface area contributed by atoms with Gasteiger partial charge in [-0.2, -0.15) is 0 Å². The summed E-state index contributed by atoms with van der Waals surface area (Å²) in [6, 6.07) is 12.3. The molecule has 2 rings (SSSR count). The van der Waals surface area contributed by atoms with Crippen molar-refractivity contribution in [3.05, 3.63) is 59.5 Å². The third-order valence-corrected chi connectivity index (χ3v) is 4.01. The summed E-state index contributed by atoms with van der Waals surface area (Å²) in [5.41, 5.74) is 8.42. The molecule has 0 aliphatic rings. The van der Waals surface area contributed by atoms with Crippen molar-refractivity contribution in [2.45, 2.75) is 39.9 Å². The van der Waals surface area contributed by atoms with Crippen molar-refractivity contribution in [3.8, 4) is 0 Å². The Morgan fingerprint density at radius 3 is 2.54 bits per heavy atom. The Balaban J connectivity index is 0.00000338. The van der Waals surface area contributed by atoms with Crippen molar-refractivity contribution in [2.24, 2.45) is 16.6 Å². The number of nitrogens with zero attached hydrogens (tertiary/aromatic N) is 2. The molecule has 0 aliphatic carbocycles. The molecular formula is C20H31IN4O. The van der Waals surface area contributed by atoms with Gasteiger partial charge in [0.25, 0.3) is 0 Å². The standard InChI is InChI=1S/C20H30N4O.HI/c1-16(2)10-11-22-20(21)23-13-17-7-4-5-8-18(17)14-24(3)15-19-9-6-12-25-19;/h4-9,12,16H,10-11,13-15H2,1-3H3,(H3,21,22,23);1H. The second kappa shape index (κ2) is 12.0. The third-order valence-electron chi connectivity index (χ3n) is 4.01. The van der Waals surface area contributed by atoms with Gasteiger partial charge >= 0.3 is 0 Å². The molecule has 0 spiro atoms. The zero-order valence-corrected chi connectivity index (χ0v) is 18.3. The molecule has 0 saturated carbocycles. The van der Waals surface area contributed by atoms with Crippen LogP contribution < -0.4 is 11.1 Å². The summed E-state index contributed by atoms with van der Waals surface area (Å²) in [5.74, 6) is 2.14. The smallest absolute Gasteiger partial charge is 0.188 e. The Hall–Kier alpha value is -1.54. The highest BCUT2D eigenvalue weighted by atomic mass is 127. The van der Waals surface area contributed by atoms with Crippen LogP contribution >= 0.6 is 24.0 Å². The van der Waals surface area contributed by atoms with Crippen molar-refractivity contribution in [2.75, 3.05) is 13.6 Å². The van der Waals surface area contributed by atoms with Crippen LogP contribution in [0.25, 0.3) is 0 Å². The van der Waals surface area contributed by atoms with Gasteiger partial charge < -0.3 is 15.5 Å². The molecule has 6 heteroatoms. The first-order valence-electron chi connectivity index (χ1n) is 8.86. The van der Waals surface area contributed by atoms with Gasteiger partial charge in [-0.15, -0.1) is 24.0 Å². The highest BCUT2D eigenvalue weighted by molar-refractivity contribution is 14.0. The average Bonchev–Trinajstić information content (AvgIpc) is 3.06. The van der Waals surface area contributed by atoms with Crippen LogP contribution in [0.4, 0.5) is 0 Å². The maximum Gasteiger partial charge on any atom is 0.188 e. The van der Waals surface area contributed by atoms with E-state index in [1.165, 1.54) is 11.1 Å². The zero-order valence-electron chi connectivity index (χ0n) is 15.9. The van der Waals surface area contributed by atoms with Gasteiger partial charge in [-0.05, 0) is 42.6 Å². The van der Waals surface area contributed by atoms with E-state index in [1.807, 2.05) is 18.2 Å². The molecule has 5 nitrogen and oxygen atoms in total. The van der Waals surface area contributed by atoms with Crippen LogP contribution in [0.5, 0.6) is 0 Å². The molecule has 1 aromatic carbocycles. The van der Waals surface area contributed by atoms with E-state index in [1.54, 1.807) is 6.26 Å². The minimum absolute atomic E-state index is 0. The van der Waals surface area contributed by atoms with Crippen LogP contribution in [-0.4, -0.2) is 24.5 Å². The number of hydrogen-bond acceptors (Lipinski definition) is 3. The molecule has 1 aromatic heterocycles. The normalized spacial score (nSPS) is 11.7. The fourth-order valence-electron chi connectivity index (χ4n) is 2.60. The van der Waals surface area contributed by atoms with Gasteiger partial charge in [-0.25, -0.2) is 4.99 Å². The molecule has 0 bridgehead atoms. The number of hydrogen-bond donors (Lipinski definition) is 2. The van der Waals surface area contributed by atoms with Gasteiger partial charge in [0.1, 0.15) is 5.76 Å². The first-order valence-corrected chi connectivity index (χ1v) is 8.86. The SMILES string of the molecule is CC(C)CCNC(N)=NCc1ccccc1CN(C)Cc1ccco1.I. The molecule has 0 aliphatic heterocycles.